The molecule has 2 aromatic carbocycles. The maximum atomic E-state index is 12.7. The van der Waals surface area contributed by atoms with E-state index in [9.17, 15) is 4.79 Å². The predicted octanol–water partition coefficient (Wildman–Crippen LogP) is 6.98. The number of methoxy groups -OCH3 is 1. The van der Waals surface area contributed by atoms with Gasteiger partial charge in [-0.05, 0) is 58.3 Å². The van der Waals surface area contributed by atoms with Gasteiger partial charge in [0, 0.05) is 21.7 Å². The molecular formula is C24H20BrClN4O2S2. The Hall–Kier alpha value is -2.72. The molecule has 2 aromatic heterocycles. The molecule has 0 spiro atoms. The number of thiophene rings is 1. The van der Waals surface area contributed by atoms with Crippen LogP contribution in [0.1, 0.15) is 20.8 Å². The van der Waals surface area contributed by atoms with Crippen LogP contribution in [0, 0.1) is 6.92 Å². The van der Waals surface area contributed by atoms with Crippen LogP contribution in [0.15, 0.2) is 65.3 Å². The number of hydrogen-bond donors (Lipinski definition) is 2. The Morgan fingerprint density at radius 2 is 1.88 bits per heavy atom. The molecule has 174 valence electrons. The fourth-order valence-corrected chi connectivity index (χ4v) is 5.34. The standard InChI is InChI=1S/C24H20BrClN4O2S2/c1-14-19(16-6-4-3-5-7-16)20(23(31)32-2)22(34-14)28-24(33)27-21-18(25)13-30(29-21)12-15-8-10-17(26)11-9-15/h3-11,13H,12H2,1-2H3,(H2,27,28,29,33). The average molecular weight is 576 g/mol. The van der Waals surface area contributed by atoms with Crippen molar-refractivity contribution in [2.75, 3.05) is 17.7 Å². The van der Waals surface area contributed by atoms with Crippen LogP contribution < -0.4 is 10.6 Å². The minimum absolute atomic E-state index is 0.309. The number of hydrogen-bond acceptors (Lipinski definition) is 5. The number of nitrogens with zero attached hydrogens (tertiary/aromatic N) is 2. The smallest absolute Gasteiger partial charge is 0.341 e. The second kappa shape index (κ2) is 10.7. The number of halogens is 2. The van der Waals surface area contributed by atoms with E-state index in [-0.39, 0.29) is 0 Å². The first kappa shape index (κ1) is 24.4. The zero-order chi connectivity index (χ0) is 24.2. The number of nitrogens with one attached hydrogen (secondary N) is 2. The van der Waals surface area contributed by atoms with Gasteiger partial charge in [-0.25, -0.2) is 4.79 Å². The van der Waals surface area contributed by atoms with Crippen molar-refractivity contribution in [3.63, 3.8) is 0 Å². The maximum Gasteiger partial charge on any atom is 0.341 e. The zero-order valence-corrected chi connectivity index (χ0v) is 22.2. The number of carbonyl (C=O) groups excluding carboxylic acids is 1. The van der Waals surface area contributed by atoms with Crippen molar-refractivity contribution in [3.8, 4) is 11.1 Å². The molecule has 4 aromatic rings. The highest BCUT2D eigenvalue weighted by molar-refractivity contribution is 9.10. The summed E-state index contributed by atoms with van der Waals surface area (Å²) >= 11 is 16.5. The van der Waals surface area contributed by atoms with Gasteiger partial charge in [0.25, 0.3) is 0 Å². The summed E-state index contributed by atoms with van der Waals surface area (Å²) in [6, 6.07) is 17.3. The van der Waals surface area contributed by atoms with Crippen LogP contribution >= 0.6 is 51.1 Å². The van der Waals surface area contributed by atoms with Gasteiger partial charge in [0.2, 0.25) is 0 Å². The van der Waals surface area contributed by atoms with Gasteiger partial charge in [-0.2, -0.15) is 5.10 Å². The van der Waals surface area contributed by atoms with Gasteiger partial charge in [-0.1, -0.05) is 54.1 Å². The molecule has 34 heavy (non-hydrogen) atoms. The van der Waals surface area contributed by atoms with Gasteiger partial charge in [0.05, 0.1) is 18.1 Å². The largest absolute Gasteiger partial charge is 0.465 e. The lowest BCUT2D eigenvalue weighted by atomic mass is 10.0. The molecule has 2 heterocycles. The molecule has 0 radical (unpaired) electrons. The third-order valence-corrected chi connectivity index (χ3v) is 7.03. The molecule has 0 aliphatic heterocycles. The van der Waals surface area contributed by atoms with Gasteiger partial charge >= 0.3 is 5.97 Å². The van der Waals surface area contributed by atoms with Crippen molar-refractivity contribution in [1.82, 2.24) is 9.78 Å². The summed E-state index contributed by atoms with van der Waals surface area (Å²) in [5.74, 6) is 0.129. The summed E-state index contributed by atoms with van der Waals surface area (Å²) in [5, 5.41) is 12.4. The van der Waals surface area contributed by atoms with Gasteiger partial charge < -0.3 is 15.4 Å². The van der Waals surface area contributed by atoms with E-state index in [0.717, 1.165) is 26.0 Å². The number of carbonyl (C=O) groups is 1. The fourth-order valence-electron chi connectivity index (χ4n) is 3.46. The molecule has 0 bridgehead atoms. The van der Waals surface area contributed by atoms with Gasteiger partial charge in [0.1, 0.15) is 10.6 Å². The second-order valence-electron chi connectivity index (χ2n) is 7.32. The van der Waals surface area contributed by atoms with Gasteiger partial charge in [-0.3, -0.25) is 4.68 Å². The van der Waals surface area contributed by atoms with E-state index in [2.05, 4.69) is 31.7 Å². The second-order valence-corrected chi connectivity index (χ2v) is 10.2. The lowest BCUT2D eigenvalue weighted by molar-refractivity contribution is 0.0603. The van der Waals surface area contributed by atoms with Crippen LogP contribution in [0.3, 0.4) is 0 Å². The number of esters is 1. The maximum absolute atomic E-state index is 12.7. The molecule has 0 aliphatic carbocycles. The molecular weight excluding hydrogens is 556 g/mol. The Balaban J connectivity index is 1.54. The number of thiocarbonyl (C=S) groups is 1. The van der Waals surface area contributed by atoms with Gasteiger partial charge in [0.15, 0.2) is 10.9 Å². The molecule has 0 atom stereocenters. The lowest BCUT2D eigenvalue weighted by Crippen LogP contribution is -2.20. The van der Waals surface area contributed by atoms with E-state index in [1.807, 2.05) is 67.7 Å². The van der Waals surface area contributed by atoms with Crippen LogP contribution in [0.4, 0.5) is 10.8 Å². The number of aryl methyl sites for hydroxylation is 1. The van der Waals surface area contributed by atoms with Crippen molar-refractivity contribution in [3.05, 3.63) is 86.3 Å². The zero-order valence-electron chi connectivity index (χ0n) is 18.3. The van der Waals surface area contributed by atoms with Crippen LogP contribution in [0.25, 0.3) is 11.1 Å². The Kier molecular flexibility index (Phi) is 7.67. The number of aromatic nitrogens is 2. The number of ether oxygens (including phenoxy) is 1. The third kappa shape index (κ3) is 5.50. The quantitative estimate of drug-likeness (QED) is 0.191. The molecule has 0 aliphatic rings. The summed E-state index contributed by atoms with van der Waals surface area (Å²) in [5.41, 5.74) is 3.29. The first-order chi connectivity index (χ1) is 16.4. The van der Waals surface area contributed by atoms with E-state index < -0.39 is 5.97 Å². The molecule has 4 rings (SSSR count). The van der Waals surface area contributed by atoms with E-state index in [1.165, 1.54) is 18.4 Å². The highest BCUT2D eigenvalue weighted by Gasteiger charge is 2.24. The summed E-state index contributed by atoms with van der Waals surface area (Å²) in [6.07, 6.45) is 1.86. The third-order valence-electron chi connectivity index (χ3n) is 4.97. The summed E-state index contributed by atoms with van der Waals surface area (Å²) < 4.78 is 7.62. The Labute approximate surface area is 220 Å². The van der Waals surface area contributed by atoms with Crippen molar-refractivity contribution < 1.29 is 9.53 Å². The number of benzene rings is 2. The summed E-state index contributed by atoms with van der Waals surface area (Å²) in [6.45, 7) is 2.55. The summed E-state index contributed by atoms with van der Waals surface area (Å²) in [4.78, 5) is 13.7. The molecule has 0 amide bonds. The molecule has 0 saturated carbocycles. The Bertz CT molecular complexity index is 1340. The number of anilines is 2. The fraction of sp³-hybridized carbons (Fsp3) is 0.125. The molecule has 0 saturated heterocycles. The summed E-state index contributed by atoms with van der Waals surface area (Å²) in [7, 11) is 1.37. The van der Waals surface area contributed by atoms with Crippen molar-refractivity contribution >= 4 is 73.0 Å². The molecule has 10 heteroatoms. The van der Waals surface area contributed by atoms with Crippen molar-refractivity contribution in [2.24, 2.45) is 0 Å². The van der Waals surface area contributed by atoms with Crippen molar-refractivity contribution in [2.45, 2.75) is 13.5 Å². The molecule has 6 nitrogen and oxygen atoms in total. The highest BCUT2D eigenvalue weighted by atomic mass is 79.9. The van der Waals surface area contributed by atoms with Crippen LogP contribution in [-0.2, 0) is 11.3 Å². The SMILES string of the molecule is COC(=O)c1c(NC(=S)Nc2nn(Cc3ccc(Cl)cc3)cc2Br)sc(C)c1-c1ccccc1. The topological polar surface area (TPSA) is 68.2 Å². The predicted molar refractivity (Wildman–Crippen MR) is 146 cm³/mol. The first-order valence-electron chi connectivity index (χ1n) is 10.2. The Morgan fingerprint density at radius 1 is 1.18 bits per heavy atom. The minimum atomic E-state index is -0.429. The van der Waals surface area contributed by atoms with E-state index >= 15 is 0 Å². The van der Waals surface area contributed by atoms with Crippen molar-refractivity contribution in [1.29, 1.82) is 0 Å². The van der Waals surface area contributed by atoms with E-state index in [4.69, 9.17) is 28.6 Å². The monoisotopic (exact) mass is 574 g/mol. The normalized spacial score (nSPS) is 10.7. The number of rotatable bonds is 6. The minimum Gasteiger partial charge on any atom is -0.465 e. The lowest BCUT2D eigenvalue weighted by Gasteiger charge is -2.10. The van der Waals surface area contributed by atoms with Crippen LogP contribution in [0.5, 0.6) is 0 Å². The first-order valence-corrected chi connectivity index (χ1v) is 12.6. The molecule has 0 fully saturated rings. The Morgan fingerprint density at radius 3 is 2.56 bits per heavy atom. The molecule has 2 N–H and O–H groups in total. The van der Waals surface area contributed by atoms with Crippen LogP contribution in [0.2, 0.25) is 5.02 Å². The highest BCUT2D eigenvalue weighted by Crippen LogP contribution is 2.40. The van der Waals surface area contributed by atoms with E-state index in [1.54, 1.807) is 4.68 Å². The van der Waals surface area contributed by atoms with Crippen LogP contribution in [-0.4, -0.2) is 28.0 Å². The van der Waals surface area contributed by atoms with Gasteiger partial charge in [-0.15, -0.1) is 11.3 Å². The van der Waals surface area contributed by atoms with E-state index in [0.29, 0.717) is 33.1 Å². The average Bonchev–Trinajstić information content (AvgIpc) is 3.33. The molecule has 0 unspecified atom stereocenters.